The molecule has 0 unspecified atom stereocenters. The number of imidazole rings is 1. The van der Waals surface area contributed by atoms with Crippen molar-refractivity contribution in [1.82, 2.24) is 14.5 Å². The molecule has 1 aliphatic rings. The summed E-state index contributed by atoms with van der Waals surface area (Å²) in [5.74, 6) is 0.970. The molecule has 3 aromatic rings. The number of carbonyl (C=O) groups excluding carboxylic acids is 1. The van der Waals surface area contributed by atoms with E-state index in [1.54, 1.807) is 0 Å². The summed E-state index contributed by atoms with van der Waals surface area (Å²) in [6, 6.07) is 15.9. The van der Waals surface area contributed by atoms with Crippen LogP contribution >= 0.6 is 0 Å². The molecule has 128 valence electrons. The lowest BCUT2D eigenvalue weighted by Crippen LogP contribution is -2.30. The van der Waals surface area contributed by atoms with E-state index in [1.165, 1.54) is 0 Å². The number of fused-ring (bicyclic) bond motifs is 3. The lowest BCUT2D eigenvalue weighted by Gasteiger charge is -2.21. The van der Waals surface area contributed by atoms with E-state index >= 15 is 0 Å². The molecule has 0 atom stereocenters. The molecule has 0 aliphatic carbocycles. The van der Waals surface area contributed by atoms with Crippen LogP contribution in [0, 0.1) is 0 Å². The third-order valence-corrected chi connectivity index (χ3v) is 4.65. The van der Waals surface area contributed by atoms with Gasteiger partial charge in [-0.25, -0.2) is 4.98 Å². The molecule has 1 aromatic heterocycles. The second kappa shape index (κ2) is 6.69. The number of hydrogen-bond donors (Lipinski definition) is 0. The van der Waals surface area contributed by atoms with Crippen LogP contribution in [0.25, 0.3) is 11.0 Å². The molecule has 0 spiro atoms. The molecule has 0 N–H and O–H groups in total. The number of aromatic nitrogens is 2. The number of benzene rings is 2. The summed E-state index contributed by atoms with van der Waals surface area (Å²) in [5.41, 5.74) is 3.75. The van der Waals surface area contributed by atoms with Gasteiger partial charge < -0.3 is 14.2 Å². The van der Waals surface area contributed by atoms with Crippen LogP contribution in [0.2, 0.25) is 0 Å². The van der Waals surface area contributed by atoms with Crippen molar-refractivity contribution < 1.29 is 9.53 Å². The summed E-state index contributed by atoms with van der Waals surface area (Å²) in [6.45, 7) is 5.34. The summed E-state index contributed by atoms with van der Waals surface area (Å²) in [4.78, 5) is 19.4. The fraction of sp³-hybridized carbons (Fsp3) is 0.300. The maximum Gasteiger partial charge on any atom is 0.254 e. The van der Waals surface area contributed by atoms with Crippen LogP contribution in [0.3, 0.4) is 0 Å². The molecule has 4 rings (SSSR count). The van der Waals surface area contributed by atoms with E-state index < -0.39 is 0 Å². The molecule has 1 aliphatic heterocycles. The first-order chi connectivity index (χ1) is 12.3. The molecule has 0 saturated heterocycles. The maximum absolute atomic E-state index is 12.9. The van der Waals surface area contributed by atoms with Crippen LogP contribution in [0.5, 0.6) is 0 Å². The summed E-state index contributed by atoms with van der Waals surface area (Å²) >= 11 is 0. The molecule has 0 bridgehead atoms. The van der Waals surface area contributed by atoms with Gasteiger partial charge in [-0.1, -0.05) is 30.3 Å². The molecule has 2 aromatic carbocycles. The van der Waals surface area contributed by atoms with Crippen LogP contribution in [0.15, 0.2) is 48.5 Å². The summed E-state index contributed by atoms with van der Waals surface area (Å²) < 4.78 is 7.64. The van der Waals surface area contributed by atoms with Crippen molar-refractivity contribution in [3.05, 3.63) is 65.5 Å². The molecule has 5 heteroatoms. The highest BCUT2D eigenvalue weighted by Gasteiger charge is 2.19. The van der Waals surface area contributed by atoms with Crippen LogP contribution in [0.4, 0.5) is 0 Å². The Labute approximate surface area is 146 Å². The van der Waals surface area contributed by atoms with Gasteiger partial charge in [0.05, 0.1) is 17.6 Å². The number of rotatable bonds is 4. The van der Waals surface area contributed by atoms with Crippen molar-refractivity contribution in [3.8, 4) is 0 Å². The van der Waals surface area contributed by atoms with E-state index in [0.29, 0.717) is 31.9 Å². The predicted octanol–water partition coefficient (Wildman–Crippen LogP) is 3.23. The SMILES string of the molecule is CCN(Cc1ccccc1)C(=O)c1ccc2c(c1)nc1n2CCOC1. The summed E-state index contributed by atoms with van der Waals surface area (Å²) in [6.07, 6.45) is 0. The molecular formula is C20H21N3O2. The standard InChI is InChI=1S/C20H21N3O2/c1-2-22(13-15-6-4-3-5-7-15)20(24)16-8-9-18-17(12-16)21-19-14-25-11-10-23(18)19/h3-9,12H,2,10-11,13-14H2,1H3. The highest BCUT2D eigenvalue weighted by Crippen LogP contribution is 2.22. The number of nitrogens with zero attached hydrogens (tertiary/aromatic N) is 3. The first-order valence-corrected chi connectivity index (χ1v) is 8.66. The Morgan fingerprint density at radius 2 is 2.08 bits per heavy atom. The minimum Gasteiger partial charge on any atom is -0.372 e. The zero-order valence-corrected chi connectivity index (χ0v) is 14.3. The van der Waals surface area contributed by atoms with Crippen molar-refractivity contribution in [1.29, 1.82) is 0 Å². The van der Waals surface area contributed by atoms with Crippen LogP contribution in [-0.2, 0) is 24.4 Å². The quantitative estimate of drug-likeness (QED) is 0.735. The number of carbonyl (C=O) groups is 1. The van der Waals surface area contributed by atoms with Crippen LogP contribution in [0.1, 0.15) is 28.7 Å². The highest BCUT2D eigenvalue weighted by atomic mass is 16.5. The van der Waals surface area contributed by atoms with Gasteiger partial charge >= 0.3 is 0 Å². The Morgan fingerprint density at radius 1 is 1.24 bits per heavy atom. The van der Waals surface area contributed by atoms with Gasteiger partial charge in [-0.3, -0.25) is 4.79 Å². The number of hydrogen-bond acceptors (Lipinski definition) is 3. The fourth-order valence-electron chi connectivity index (χ4n) is 3.31. The lowest BCUT2D eigenvalue weighted by molar-refractivity contribution is 0.0752. The van der Waals surface area contributed by atoms with E-state index in [-0.39, 0.29) is 5.91 Å². The van der Waals surface area contributed by atoms with Gasteiger partial charge in [-0.2, -0.15) is 0 Å². The van der Waals surface area contributed by atoms with Crippen molar-refractivity contribution >= 4 is 16.9 Å². The molecule has 1 amide bonds. The zero-order chi connectivity index (χ0) is 17.2. The largest absolute Gasteiger partial charge is 0.372 e. The third-order valence-electron chi connectivity index (χ3n) is 4.65. The van der Waals surface area contributed by atoms with Crippen molar-refractivity contribution in [2.24, 2.45) is 0 Å². The fourth-order valence-corrected chi connectivity index (χ4v) is 3.31. The third kappa shape index (κ3) is 3.03. The van der Waals surface area contributed by atoms with Gasteiger partial charge in [0.15, 0.2) is 0 Å². The average molecular weight is 335 g/mol. The summed E-state index contributed by atoms with van der Waals surface area (Å²) in [7, 11) is 0. The van der Waals surface area contributed by atoms with E-state index in [1.807, 2.05) is 60.4 Å². The normalized spacial score (nSPS) is 13.6. The molecular weight excluding hydrogens is 314 g/mol. The molecule has 5 nitrogen and oxygen atoms in total. The predicted molar refractivity (Wildman–Crippen MR) is 96.2 cm³/mol. The van der Waals surface area contributed by atoms with Crippen molar-refractivity contribution in [2.75, 3.05) is 13.2 Å². The monoisotopic (exact) mass is 335 g/mol. The van der Waals surface area contributed by atoms with E-state index in [4.69, 9.17) is 4.74 Å². The van der Waals surface area contributed by atoms with Gasteiger partial charge in [-0.15, -0.1) is 0 Å². The van der Waals surface area contributed by atoms with Crippen molar-refractivity contribution in [2.45, 2.75) is 26.6 Å². The molecule has 0 radical (unpaired) electrons. The highest BCUT2D eigenvalue weighted by molar-refractivity contribution is 5.97. The molecule has 2 heterocycles. The second-order valence-electron chi connectivity index (χ2n) is 6.24. The first kappa shape index (κ1) is 15.8. The Kier molecular flexibility index (Phi) is 4.24. The molecule has 25 heavy (non-hydrogen) atoms. The van der Waals surface area contributed by atoms with Crippen LogP contribution in [-0.4, -0.2) is 33.5 Å². The molecule has 0 saturated carbocycles. The minimum atomic E-state index is 0.0375. The number of amides is 1. The van der Waals surface area contributed by atoms with Crippen LogP contribution < -0.4 is 0 Å². The van der Waals surface area contributed by atoms with E-state index in [2.05, 4.69) is 9.55 Å². The minimum absolute atomic E-state index is 0.0375. The van der Waals surface area contributed by atoms with Gasteiger partial charge in [0.2, 0.25) is 0 Å². The average Bonchev–Trinajstić information content (AvgIpc) is 3.04. The number of ether oxygens (including phenoxy) is 1. The van der Waals surface area contributed by atoms with Crippen molar-refractivity contribution in [3.63, 3.8) is 0 Å². The topological polar surface area (TPSA) is 47.4 Å². The maximum atomic E-state index is 12.9. The van der Waals surface area contributed by atoms with Gasteiger partial charge in [-0.05, 0) is 30.7 Å². The lowest BCUT2D eigenvalue weighted by atomic mass is 10.1. The van der Waals surface area contributed by atoms with E-state index in [9.17, 15) is 4.79 Å². The first-order valence-electron chi connectivity index (χ1n) is 8.66. The Hall–Kier alpha value is -2.66. The van der Waals surface area contributed by atoms with E-state index in [0.717, 1.165) is 29.0 Å². The summed E-state index contributed by atoms with van der Waals surface area (Å²) in [5, 5.41) is 0. The smallest absolute Gasteiger partial charge is 0.254 e. The van der Waals surface area contributed by atoms with Gasteiger partial charge in [0, 0.05) is 25.2 Å². The second-order valence-corrected chi connectivity index (χ2v) is 6.24. The zero-order valence-electron chi connectivity index (χ0n) is 14.3. The molecule has 0 fully saturated rings. The Balaban J connectivity index is 1.62. The van der Waals surface area contributed by atoms with Gasteiger partial charge in [0.25, 0.3) is 5.91 Å². The Bertz CT molecular complexity index is 902. The van der Waals surface area contributed by atoms with Gasteiger partial charge in [0.1, 0.15) is 12.4 Å². The Morgan fingerprint density at radius 3 is 2.88 bits per heavy atom.